The second-order valence-electron chi connectivity index (χ2n) is 7.41. The topological polar surface area (TPSA) is 36.7 Å². The van der Waals surface area contributed by atoms with Crippen molar-refractivity contribution in [3.05, 3.63) is 81.4 Å². The zero-order valence-electron chi connectivity index (χ0n) is 16.5. The fourth-order valence-electron chi connectivity index (χ4n) is 3.80. The van der Waals surface area contributed by atoms with Gasteiger partial charge in [0.15, 0.2) is 0 Å². The first-order valence-electron chi connectivity index (χ1n) is 9.87. The Labute approximate surface area is 188 Å². The van der Waals surface area contributed by atoms with E-state index in [0.717, 1.165) is 65.8 Å². The normalized spacial score (nSPS) is 13.5. The minimum atomic E-state index is -4.35. The van der Waals surface area contributed by atoms with Gasteiger partial charge in [0.1, 0.15) is 11.1 Å². The van der Waals surface area contributed by atoms with E-state index in [1.165, 1.54) is 23.9 Å². The van der Waals surface area contributed by atoms with Crippen molar-refractivity contribution in [2.24, 2.45) is 0 Å². The van der Waals surface area contributed by atoms with E-state index in [0.29, 0.717) is 21.4 Å². The first kappa shape index (κ1) is 21.7. The molecular formula is C24H18ClF3N2S. The Bertz CT molecular complexity index is 1130. The summed E-state index contributed by atoms with van der Waals surface area (Å²) in [5.41, 5.74) is 4.63. The van der Waals surface area contributed by atoms with Crippen LogP contribution in [-0.2, 0) is 24.8 Å². The molecule has 2 aromatic carbocycles. The van der Waals surface area contributed by atoms with Crippen LogP contribution in [0.15, 0.2) is 53.6 Å². The molecule has 0 spiro atoms. The lowest BCUT2D eigenvalue weighted by Gasteiger charge is -2.22. The summed E-state index contributed by atoms with van der Waals surface area (Å²) in [5, 5.41) is 11.1. The Morgan fingerprint density at radius 1 is 0.968 bits per heavy atom. The van der Waals surface area contributed by atoms with E-state index in [1.54, 1.807) is 0 Å². The Kier molecular flexibility index (Phi) is 6.27. The van der Waals surface area contributed by atoms with Gasteiger partial charge in [-0.3, -0.25) is 0 Å². The molecule has 0 fully saturated rings. The van der Waals surface area contributed by atoms with Gasteiger partial charge in [-0.2, -0.15) is 18.4 Å². The fraction of sp³-hybridized carbons (Fsp3) is 0.250. The highest BCUT2D eigenvalue weighted by Crippen LogP contribution is 2.38. The van der Waals surface area contributed by atoms with Gasteiger partial charge in [-0.05, 0) is 66.6 Å². The average molecular weight is 459 g/mol. The van der Waals surface area contributed by atoms with Crippen molar-refractivity contribution in [2.45, 2.75) is 42.6 Å². The number of nitrogens with zero attached hydrogens (tertiary/aromatic N) is 2. The summed E-state index contributed by atoms with van der Waals surface area (Å²) < 4.78 is 38.4. The van der Waals surface area contributed by atoms with Crippen molar-refractivity contribution in [2.75, 3.05) is 0 Å². The van der Waals surface area contributed by atoms with Crippen molar-refractivity contribution < 1.29 is 13.2 Å². The number of rotatable bonds is 4. The standard InChI is InChI=1S/C24H18ClF3N2S/c25-18-11-7-16(8-12-18)22-20-4-2-1-3-19(20)21(13-29)23(30-22)31-14-15-5-9-17(10-6-15)24(26,27)28/h5-12H,1-4,14H2. The van der Waals surface area contributed by atoms with E-state index >= 15 is 0 Å². The van der Waals surface area contributed by atoms with Crippen molar-refractivity contribution in [1.29, 1.82) is 5.26 Å². The lowest BCUT2D eigenvalue weighted by atomic mass is 9.86. The Morgan fingerprint density at radius 3 is 2.23 bits per heavy atom. The molecule has 0 unspecified atom stereocenters. The molecule has 0 saturated heterocycles. The van der Waals surface area contributed by atoms with Crippen LogP contribution in [-0.4, -0.2) is 4.98 Å². The van der Waals surface area contributed by atoms with Crippen LogP contribution < -0.4 is 0 Å². The highest BCUT2D eigenvalue weighted by Gasteiger charge is 2.30. The molecular weight excluding hydrogens is 441 g/mol. The van der Waals surface area contributed by atoms with Crippen LogP contribution in [0.4, 0.5) is 13.2 Å². The second-order valence-corrected chi connectivity index (χ2v) is 8.81. The first-order chi connectivity index (χ1) is 14.9. The van der Waals surface area contributed by atoms with Gasteiger partial charge >= 0.3 is 6.18 Å². The van der Waals surface area contributed by atoms with Gasteiger partial charge in [-0.15, -0.1) is 11.8 Å². The predicted octanol–water partition coefficient (Wildman–Crippen LogP) is 7.46. The Balaban J connectivity index is 1.69. The van der Waals surface area contributed by atoms with Gasteiger partial charge in [0.05, 0.1) is 16.8 Å². The van der Waals surface area contributed by atoms with Crippen LogP contribution in [0.1, 0.15) is 40.7 Å². The number of aromatic nitrogens is 1. The van der Waals surface area contributed by atoms with Crippen molar-refractivity contribution >= 4 is 23.4 Å². The highest BCUT2D eigenvalue weighted by atomic mass is 35.5. The van der Waals surface area contributed by atoms with Crippen molar-refractivity contribution in [3.63, 3.8) is 0 Å². The lowest BCUT2D eigenvalue weighted by molar-refractivity contribution is -0.137. The Hall–Kier alpha value is -2.49. The van der Waals surface area contributed by atoms with E-state index in [2.05, 4.69) is 6.07 Å². The van der Waals surface area contributed by atoms with Crippen LogP contribution in [0.25, 0.3) is 11.3 Å². The van der Waals surface area contributed by atoms with E-state index in [1.807, 2.05) is 24.3 Å². The third kappa shape index (κ3) is 4.73. The number of nitriles is 1. The second kappa shape index (κ2) is 8.94. The number of benzene rings is 2. The number of hydrogen-bond acceptors (Lipinski definition) is 3. The molecule has 31 heavy (non-hydrogen) atoms. The molecule has 0 aliphatic heterocycles. The molecule has 1 aliphatic carbocycles. The van der Waals surface area contributed by atoms with Gasteiger partial charge in [0.25, 0.3) is 0 Å². The third-order valence-corrected chi connectivity index (χ3v) is 6.67. The zero-order chi connectivity index (χ0) is 22.0. The van der Waals surface area contributed by atoms with E-state index in [4.69, 9.17) is 16.6 Å². The maximum atomic E-state index is 12.8. The number of halogens is 4. The summed E-state index contributed by atoms with van der Waals surface area (Å²) in [4.78, 5) is 4.85. The molecule has 1 aromatic heterocycles. The predicted molar refractivity (Wildman–Crippen MR) is 117 cm³/mol. The minimum absolute atomic E-state index is 0.429. The molecule has 0 amide bonds. The van der Waals surface area contributed by atoms with Gasteiger partial charge in [-0.25, -0.2) is 4.98 Å². The maximum absolute atomic E-state index is 12.8. The first-order valence-corrected chi connectivity index (χ1v) is 11.2. The molecule has 1 heterocycles. The molecule has 3 aromatic rings. The molecule has 0 bridgehead atoms. The monoisotopic (exact) mass is 458 g/mol. The molecule has 1 aliphatic rings. The number of alkyl halides is 3. The van der Waals surface area contributed by atoms with Crippen LogP contribution in [0.3, 0.4) is 0 Å². The van der Waals surface area contributed by atoms with Crippen LogP contribution in [0.5, 0.6) is 0 Å². The van der Waals surface area contributed by atoms with Gasteiger partial charge < -0.3 is 0 Å². The molecule has 0 atom stereocenters. The number of hydrogen-bond donors (Lipinski definition) is 0. The van der Waals surface area contributed by atoms with Gasteiger partial charge in [-0.1, -0.05) is 35.9 Å². The summed E-state index contributed by atoms with van der Waals surface area (Å²) in [5.74, 6) is 0.429. The van der Waals surface area contributed by atoms with Gasteiger partial charge in [0, 0.05) is 16.3 Å². The van der Waals surface area contributed by atoms with Crippen molar-refractivity contribution in [3.8, 4) is 17.3 Å². The van der Waals surface area contributed by atoms with Crippen LogP contribution >= 0.6 is 23.4 Å². The summed E-state index contributed by atoms with van der Waals surface area (Å²) in [7, 11) is 0. The zero-order valence-corrected chi connectivity index (χ0v) is 18.0. The average Bonchev–Trinajstić information content (AvgIpc) is 2.77. The summed E-state index contributed by atoms with van der Waals surface area (Å²) in [6, 6.07) is 14.9. The van der Waals surface area contributed by atoms with E-state index in [-0.39, 0.29) is 0 Å². The summed E-state index contributed by atoms with van der Waals surface area (Å²) >= 11 is 7.42. The van der Waals surface area contributed by atoms with Crippen LogP contribution in [0.2, 0.25) is 5.02 Å². The molecule has 158 valence electrons. The van der Waals surface area contributed by atoms with Crippen molar-refractivity contribution in [1.82, 2.24) is 4.98 Å². The van der Waals surface area contributed by atoms with E-state index in [9.17, 15) is 18.4 Å². The molecule has 0 saturated carbocycles. The maximum Gasteiger partial charge on any atom is 0.416 e. The lowest BCUT2D eigenvalue weighted by Crippen LogP contribution is -2.10. The third-order valence-electron chi connectivity index (χ3n) is 5.37. The number of fused-ring (bicyclic) bond motifs is 1. The quantitative estimate of drug-likeness (QED) is 0.380. The Morgan fingerprint density at radius 2 is 1.61 bits per heavy atom. The number of thioether (sulfide) groups is 1. The largest absolute Gasteiger partial charge is 0.416 e. The fourth-order valence-corrected chi connectivity index (χ4v) is 4.90. The molecule has 0 radical (unpaired) electrons. The summed E-state index contributed by atoms with van der Waals surface area (Å²) in [6.45, 7) is 0. The number of pyridine rings is 1. The minimum Gasteiger partial charge on any atom is -0.240 e. The highest BCUT2D eigenvalue weighted by molar-refractivity contribution is 7.98. The SMILES string of the molecule is N#Cc1c(SCc2ccc(C(F)(F)F)cc2)nc(-c2ccc(Cl)cc2)c2c1CCCC2. The van der Waals surface area contributed by atoms with E-state index < -0.39 is 11.7 Å². The van der Waals surface area contributed by atoms with Gasteiger partial charge in [0.2, 0.25) is 0 Å². The molecule has 2 nitrogen and oxygen atoms in total. The van der Waals surface area contributed by atoms with Crippen LogP contribution in [0, 0.1) is 11.3 Å². The molecule has 7 heteroatoms. The molecule has 4 rings (SSSR count). The summed E-state index contributed by atoms with van der Waals surface area (Å²) in [6.07, 6.45) is -0.575. The smallest absolute Gasteiger partial charge is 0.240 e. The molecule has 0 N–H and O–H groups in total.